The van der Waals surface area contributed by atoms with E-state index in [-0.39, 0.29) is 53.6 Å². The first-order valence-corrected chi connectivity index (χ1v) is 10.9. The van der Waals surface area contributed by atoms with Gasteiger partial charge >= 0.3 is 0 Å². The predicted octanol–water partition coefficient (Wildman–Crippen LogP) is 4.65. The van der Waals surface area contributed by atoms with Gasteiger partial charge in [0, 0.05) is 36.7 Å². The minimum atomic E-state index is -3.39. The van der Waals surface area contributed by atoms with Crippen molar-refractivity contribution in [3.63, 3.8) is 0 Å². The fourth-order valence-corrected chi connectivity index (χ4v) is 4.63. The number of allylic oxidation sites excluding steroid dienone is 1. The van der Waals surface area contributed by atoms with Crippen LogP contribution in [0.15, 0.2) is 53.3 Å². The smallest absolute Gasteiger partial charge is 0.176 e. The molecule has 3 aromatic rings. The van der Waals surface area contributed by atoms with Crippen molar-refractivity contribution < 1.29 is 12.8 Å². The molecular formula is C20H23Cl3FN3O2S. The van der Waals surface area contributed by atoms with Crippen LogP contribution in [0.4, 0.5) is 4.39 Å². The predicted molar refractivity (Wildman–Crippen MR) is 125 cm³/mol. The Balaban J connectivity index is 0.00000225. The van der Waals surface area contributed by atoms with E-state index in [0.717, 1.165) is 34.1 Å². The summed E-state index contributed by atoms with van der Waals surface area (Å²) in [4.78, 5) is 4.58. The van der Waals surface area contributed by atoms with Crippen molar-refractivity contribution >= 4 is 57.3 Å². The van der Waals surface area contributed by atoms with Gasteiger partial charge in [0.2, 0.25) is 0 Å². The molecule has 0 aliphatic rings. The van der Waals surface area contributed by atoms with Gasteiger partial charge in [0.1, 0.15) is 5.83 Å². The standard InChI is InChI=1S/C20H21ClFN3O2S.2ClH/c1-13-16(10-14-5-6-19(17(21)11-14)28(2,26)27)20-18(4-3-9-24-20)25(13)12-15(22)7-8-23;;/h3-7,9,11H,8,10,12,23H2,1-2H3;2*1H/b15-7-;;. The van der Waals surface area contributed by atoms with Gasteiger partial charge < -0.3 is 10.3 Å². The lowest BCUT2D eigenvalue weighted by molar-refractivity contribution is 0.554. The van der Waals surface area contributed by atoms with Crippen molar-refractivity contribution in [3.8, 4) is 0 Å². The lowest BCUT2D eigenvalue weighted by atomic mass is 10.0. The number of benzene rings is 1. The molecule has 0 saturated carbocycles. The molecule has 0 aliphatic heterocycles. The van der Waals surface area contributed by atoms with Crippen molar-refractivity contribution in [2.24, 2.45) is 5.73 Å². The highest BCUT2D eigenvalue weighted by Crippen LogP contribution is 2.29. The molecule has 1 aromatic carbocycles. The van der Waals surface area contributed by atoms with Gasteiger partial charge in [-0.2, -0.15) is 0 Å². The third-order valence-electron chi connectivity index (χ3n) is 4.63. The molecule has 3 rings (SSSR count). The molecule has 0 spiro atoms. The Bertz CT molecular complexity index is 1180. The summed E-state index contributed by atoms with van der Waals surface area (Å²) < 4.78 is 39.5. The Morgan fingerprint density at radius 1 is 1.30 bits per heavy atom. The van der Waals surface area contributed by atoms with Crippen LogP contribution in [0.5, 0.6) is 0 Å². The van der Waals surface area contributed by atoms with E-state index >= 15 is 0 Å². The molecular weight excluding hydrogens is 472 g/mol. The lowest BCUT2D eigenvalue weighted by Crippen LogP contribution is -2.04. The molecule has 0 aliphatic carbocycles. The molecule has 2 N–H and O–H groups in total. The minimum absolute atomic E-state index is 0. The highest BCUT2D eigenvalue weighted by Gasteiger charge is 2.18. The summed E-state index contributed by atoms with van der Waals surface area (Å²) in [5.41, 5.74) is 9.69. The normalized spacial score (nSPS) is 11.8. The van der Waals surface area contributed by atoms with Crippen LogP contribution in [0.2, 0.25) is 5.02 Å². The van der Waals surface area contributed by atoms with E-state index in [1.807, 2.05) is 23.6 Å². The van der Waals surface area contributed by atoms with Crippen LogP contribution in [-0.4, -0.2) is 30.8 Å². The van der Waals surface area contributed by atoms with E-state index in [1.165, 1.54) is 12.1 Å². The molecule has 5 nitrogen and oxygen atoms in total. The van der Waals surface area contributed by atoms with Crippen LogP contribution in [0.1, 0.15) is 16.8 Å². The van der Waals surface area contributed by atoms with Crippen LogP contribution < -0.4 is 5.73 Å². The molecule has 30 heavy (non-hydrogen) atoms. The van der Waals surface area contributed by atoms with E-state index in [0.29, 0.717) is 6.42 Å². The van der Waals surface area contributed by atoms with Gasteiger partial charge in [-0.15, -0.1) is 24.8 Å². The summed E-state index contributed by atoms with van der Waals surface area (Å²) in [5, 5.41) is 0.186. The summed E-state index contributed by atoms with van der Waals surface area (Å²) in [5.74, 6) is -0.307. The molecule has 10 heteroatoms. The SMILES string of the molecule is Cc1c(Cc2ccc(S(C)(=O)=O)c(Cl)c2)c2ncccc2n1C/C(F)=C/CN.Cl.Cl. The van der Waals surface area contributed by atoms with Gasteiger partial charge in [-0.25, -0.2) is 12.8 Å². The number of hydrogen-bond donors (Lipinski definition) is 1. The van der Waals surface area contributed by atoms with Gasteiger partial charge in [0.15, 0.2) is 9.84 Å². The van der Waals surface area contributed by atoms with Crippen LogP contribution in [-0.2, 0) is 22.8 Å². The third kappa shape index (κ3) is 5.53. The molecule has 2 aromatic heterocycles. The van der Waals surface area contributed by atoms with Gasteiger partial charge in [0.25, 0.3) is 0 Å². The van der Waals surface area contributed by atoms with Crippen molar-refractivity contribution in [3.05, 3.63) is 70.3 Å². The average Bonchev–Trinajstić information content (AvgIpc) is 2.87. The number of aromatic nitrogens is 2. The summed E-state index contributed by atoms with van der Waals surface area (Å²) in [7, 11) is -3.39. The summed E-state index contributed by atoms with van der Waals surface area (Å²) >= 11 is 6.18. The van der Waals surface area contributed by atoms with Crippen molar-refractivity contribution in [2.45, 2.75) is 24.8 Å². The minimum Gasteiger partial charge on any atom is -0.336 e. The quantitative estimate of drug-likeness (QED) is 0.541. The number of nitrogens with two attached hydrogens (primary N) is 1. The molecule has 0 fully saturated rings. The topological polar surface area (TPSA) is 78.0 Å². The fraction of sp³-hybridized carbons (Fsp3) is 0.250. The van der Waals surface area contributed by atoms with Crippen molar-refractivity contribution in [1.82, 2.24) is 9.55 Å². The molecule has 164 valence electrons. The van der Waals surface area contributed by atoms with Gasteiger partial charge in [0.05, 0.1) is 27.5 Å². The third-order valence-corrected chi connectivity index (χ3v) is 6.21. The summed E-state index contributed by atoms with van der Waals surface area (Å²) in [6.45, 7) is 2.14. The van der Waals surface area contributed by atoms with Crippen LogP contribution in [0, 0.1) is 6.92 Å². The largest absolute Gasteiger partial charge is 0.336 e. The number of sulfone groups is 1. The first-order valence-electron chi connectivity index (χ1n) is 8.68. The average molecular weight is 495 g/mol. The molecule has 0 atom stereocenters. The highest BCUT2D eigenvalue weighted by molar-refractivity contribution is 7.90. The molecule has 0 radical (unpaired) electrons. The Labute approximate surface area is 192 Å². The zero-order valence-electron chi connectivity index (χ0n) is 16.4. The second kappa shape index (κ2) is 10.6. The summed E-state index contributed by atoms with van der Waals surface area (Å²) in [6, 6.07) is 8.61. The van der Waals surface area contributed by atoms with Gasteiger partial charge in [-0.1, -0.05) is 17.7 Å². The molecule has 2 heterocycles. The summed E-state index contributed by atoms with van der Waals surface area (Å²) in [6.07, 6.45) is 4.67. The van der Waals surface area contributed by atoms with E-state index in [9.17, 15) is 12.8 Å². The second-order valence-corrected chi connectivity index (χ2v) is 9.01. The van der Waals surface area contributed by atoms with Crippen molar-refractivity contribution in [1.29, 1.82) is 0 Å². The fourth-order valence-electron chi connectivity index (χ4n) is 3.28. The Hall–Kier alpha value is -1.64. The zero-order chi connectivity index (χ0) is 20.5. The maximum Gasteiger partial charge on any atom is 0.176 e. The van der Waals surface area contributed by atoms with Crippen LogP contribution in [0.3, 0.4) is 0 Å². The van der Waals surface area contributed by atoms with Gasteiger partial charge in [-0.3, -0.25) is 4.98 Å². The number of fused-ring (bicyclic) bond motifs is 1. The number of hydrogen-bond acceptors (Lipinski definition) is 4. The first kappa shape index (κ1) is 26.4. The number of nitrogens with zero attached hydrogens (tertiary/aromatic N) is 2. The van der Waals surface area contributed by atoms with Gasteiger partial charge in [-0.05, 0) is 42.8 Å². The highest BCUT2D eigenvalue weighted by atomic mass is 35.5. The Morgan fingerprint density at radius 2 is 2.00 bits per heavy atom. The van der Waals surface area contributed by atoms with E-state index < -0.39 is 9.84 Å². The second-order valence-electron chi connectivity index (χ2n) is 6.62. The molecule has 0 saturated heterocycles. The van der Waals surface area contributed by atoms with Crippen LogP contribution in [0.25, 0.3) is 11.0 Å². The number of halogens is 4. The number of rotatable bonds is 6. The molecule has 0 bridgehead atoms. The monoisotopic (exact) mass is 493 g/mol. The maximum absolute atomic E-state index is 14.1. The van der Waals surface area contributed by atoms with Crippen molar-refractivity contribution in [2.75, 3.05) is 12.8 Å². The van der Waals surface area contributed by atoms with E-state index in [4.69, 9.17) is 17.3 Å². The number of pyridine rings is 1. The lowest BCUT2D eigenvalue weighted by Gasteiger charge is -2.08. The first-order chi connectivity index (χ1) is 13.2. The molecule has 0 amide bonds. The maximum atomic E-state index is 14.1. The van der Waals surface area contributed by atoms with E-state index in [2.05, 4.69) is 4.98 Å². The molecule has 0 unspecified atom stereocenters. The zero-order valence-corrected chi connectivity index (χ0v) is 19.6. The van der Waals surface area contributed by atoms with Crippen LogP contribution >= 0.6 is 36.4 Å². The van der Waals surface area contributed by atoms with E-state index in [1.54, 1.807) is 18.3 Å². The Kier molecular flexibility index (Phi) is 9.32. The Morgan fingerprint density at radius 3 is 2.60 bits per heavy atom.